The number of fused-ring (bicyclic) bond motifs is 1. The maximum Gasteiger partial charge on any atom is 0.134 e. The molecule has 2 aromatic heterocycles. The maximum atomic E-state index is 5.26. The molecule has 0 bridgehead atoms. The SMILES string of the molecule is CCOCCNc1nccc2sccc12. The highest BCUT2D eigenvalue weighted by Gasteiger charge is 2.01. The van der Waals surface area contributed by atoms with E-state index < -0.39 is 0 Å². The van der Waals surface area contributed by atoms with E-state index in [2.05, 4.69) is 21.7 Å². The fourth-order valence-corrected chi connectivity index (χ4v) is 2.20. The number of rotatable bonds is 5. The molecule has 2 heterocycles. The van der Waals surface area contributed by atoms with E-state index in [9.17, 15) is 0 Å². The van der Waals surface area contributed by atoms with Crippen LogP contribution < -0.4 is 5.32 Å². The molecule has 0 unspecified atom stereocenters. The van der Waals surface area contributed by atoms with E-state index in [1.165, 1.54) is 10.1 Å². The Bertz CT molecular complexity index is 427. The lowest BCUT2D eigenvalue weighted by Crippen LogP contribution is -2.10. The zero-order valence-electron chi connectivity index (χ0n) is 8.69. The molecule has 0 spiro atoms. The Balaban J connectivity index is 2.04. The summed E-state index contributed by atoms with van der Waals surface area (Å²) in [5.41, 5.74) is 0. The van der Waals surface area contributed by atoms with Crippen LogP contribution in [0.15, 0.2) is 23.7 Å². The van der Waals surface area contributed by atoms with E-state index in [1.807, 2.05) is 19.2 Å². The molecule has 2 rings (SSSR count). The smallest absolute Gasteiger partial charge is 0.134 e. The molecule has 0 fully saturated rings. The summed E-state index contributed by atoms with van der Waals surface area (Å²) in [5, 5.41) is 6.56. The fraction of sp³-hybridized carbons (Fsp3) is 0.364. The highest BCUT2D eigenvalue weighted by Crippen LogP contribution is 2.25. The van der Waals surface area contributed by atoms with Gasteiger partial charge in [0.2, 0.25) is 0 Å². The Morgan fingerprint density at radius 1 is 1.47 bits per heavy atom. The van der Waals surface area contributed by atoms with E-state index in [4.69, 9.17) is 4.74 Å². The summed E-state index contributed by atoms with van der Waals surface area (Å²) in [7, 11) is 0. The van der Waals surface area contributed by atoms with E-state index in [1.54, 1.807) is 11.3 Å². The van der Waals surface area contributed by atoms with Gasteiger partial charge in [-0.3, -0.25) is 0 Å². The minimum absolute atomic E-state index is 0.721. The number of aromatic nitrogens is 1. The van der Waals surface area contributed by atoms with Gasteiger partial charge in [-0.15, -0.1) is 11.3 Å². The largest absolute Gasteiger partial charge is 0.380 e. The topological polar surface area (TPSA) is 34.1 Å². The van der Waals surface area contributed by atoms with Gasteiger partial charge < -0.3 is 10.1 Å². The number of ether oxygens (including phenoxy) is 1. The van der Waals surface area contributed by atoms with Crippen molar-refractivity contribution < 1.29 is 4.74 Å². The van der Waals surface area contributed by atoms with Gasteiger partial charge in [-0.2, -0.15) is 0 Å². The molecule has 0 aromatic carbocycles. The van der Waals surface area contributed by atoms with Gasteiger partial charge in [-0.1, -0.05) is 0 Å². The summed E-state index contributed by atoms with van der Waals surface area (Å²) in [4.78, 5) is 4.32. The van der Waals surface area contributed by atoms with Crippen molar-refractivity contribution in [2.24, 2.45) is 0 Å². The standard InChI is InChI=1S/C11H14N2OS/c1-2-14-7-6-13-11-9-4-8-15-10(9)3-5-12-11/h3-5,8H,2,6-7H2,1H3,(H,12,13). The van der Waals surface area contributed by atoms with Gasteiger partial charge in [0.25, 0.3) is 0 Å². The van der Waals surface area contributed by atoms with Crippen LogP contribution in [0.1, 0.15) is 6.92 Å². The Labute approximate surface area is 93.1 Å². The first kappa shape index (κ1) is 10.4. The van der Waals surface area contributed by atoms with Crippen LogP contribution in [-0.4, -0.2) is 24.7 Å². The molecule has 80 valence electrons. The predicted molar refractivity (Wildman–Crippen MR) is 64.6 cm³/mol. The second-order valence-electron chi connectivity index (χ2n) is 3.12. The summed E-state index contributed by atoms with van der Waals surface area (Å²) in [5.74, 6) is 0.952. The predicted octanol–water partition coefficient (Wildman–Crippen LogP) is 2.74. The number of thiophene rings is 1. The molecule has 15 heavy (non-hydrogen) atoms. The number of pyridine rings is 1. The number of nitrogens with zero attached hydrogens (tertiary/aromatic N) is 1. The van der Waals surface area contributed by atoms with Crippen molar-refractivity contribution in [2.45, 2.75) is 6.92 Å². The van der Waals surface area contributed by atoms with E-state index in [-0.39, 0.29) is 0 Å². The number of hydrogen-bond acceptors (Lipinski definition) is 4. The highest BCUT2D eigenvalue weighted by atomic mass is 32.1. The van der Waals surface area contributed by atoms with Gasteiger partial charge in [-0.05, 0) is 24.4 Å². The first-order valence-corrected chi connectivity index (χ1v) is 5.93. The summed E-state index contributed by atoms with van der Waals surface area (Å²) >= 11 is 1.73. The van der Waals surface area contributed by atoms with Gasteiger partial charge in [0, 0.05) is 29.4 Å². The van der Waals surface area contributed by atoms with E-state index in [0.717, 1.165) is 25.6 Å². The van der Waals surface area contributed by atoms with Crippen molar-refractivity contribution in [3.8, 4) is 0 Å². The first-order valence-electron chi connectivity index (χ1n) is 5.05. The highest BCUT2D eigenvalue weighted by molar-refractivity contribution is 7.17. The summed E-state index contributed by atoms with van der Waals surface area (Å²) in [6.45, 7) is 4.28. The van der Waals surface area contributed by atoms with Crippen LogP contribution in [0.3, 0.4) is 0 Å². The molecule has 2 aromatic rings. The van der Waals surface area contributed by atoms with Crippen molar-refractivity contribution >= 4 is 27.2 Å². The lowest BCUT2D eigenvalue weighted by molar-refractivity contribution is 0.158. The minimum Gasteiger partial charge on any atom is -0.380 e. The summed E-state index contributed by atoms with van der Waals surface area (Å²) in [6.07, 6.45) is 1.84. The molecular weight excluding hydrogens is 208 g/mol. The number of anilines is 1. The Hall–Kier alpha value is -1.13. The second kappa shape index (κ2) is 5.09. The molecule has 0 saturated carbocycles. The lowest BCUT2D eigenvalue weighted by atomic mass is 10.3. The van der Waals surface area contributed by atoms with Crippen LogP contribution in [0.25, 0.3) is 10.1 Å². The minimum atomic E-state index is 0.721. The monoisotopic (exact) mass is 222 g/mol. The third kappa shape index (κ3) is 2.46. The van der Waals surface area contributed by atoms with Crippen LogP contribution in [-0.2, 0) is 4.74 Å². The van der Waals surface area contributed by atoms with Crippen molar-refractivity contribution in [3.05, 3.63) is 23.7 Å². The summed E-state index contributed by atoms with van der Waals surface area (Å²) < 4.78 is 6.53. The van der Waals surface area contributed by atoms with Crippen molar-refractivity contribution in [1.82, 2.24) is 4.98 Å². The van der Waals surface area contributed by atoms with Gasteiger partial charge in [0.15, 0.2) is 0 Å². The van der Waals surface area contributed by atoms with Gasteiger partial charge in [0.1, 0.15) is 5.82 Å². The zero-order valence-corrected chi connectivity index (χ0v) is 9.51. The molecule has 0 radical (unpaired) electrons. The average molecular weight is 222 g/mol. The number of nitrogens with one attached hydrogen (secondary N) is 1. The molecular formula is C11H14N2OS. The zero-order chi connectivity index (χ0) is 10.5. The van der Waals surface area contributed by atoms with Crippen LogP contribution in [0, 0.1) is 0 Å². The number of hydrogen-bond donors (Lipinski definition) is 1. The Kier molecular flexibility index (Phi) is 3.53. The average Bonchev–Trinajstić information content (AvgIpc) is 2.73. The van der Waals surface area contributed by atoms with Crippen LogP contribution in [0.5, 0.6) is 0 Å². The van der Waals surface area contributed by atoms with Gasteiger partial charge >= 0.3 is 0 Å². The molecule has 0 saturated heterocycles. The van der Waals surface area contributed by atoms with E-state index in [0.29, 0.717) is 0 Å². The molecule has 3 nitrogen and oxygen atoms in total. The first-order chi connectivity index (χ1) is 7.42. The van der Waals surface area contributed by atoms with Crippen molar-refractivity contribution in [1.29, 1.82) is 0 Å². The van der Waals surface area contributed by atoms with Crippen molar-refractivity contribution in [3.63, 3.8) is 0 Å². The molecule has 0 aliphatic rings. The molecule has 0 aliphatic carbocycles. The maximum absolute atomic E-state index is 5.26. The van der Waals surface area contributed by atoms with Crippen molar-refractivity contribution in [2.75, 3.05) is 25.1 Å². The fourth-order valence-electron chi connectivity index (χ4n) is 1.42. The third-order valence-electron chi connectivity index (χ3n) is 2.12. The molecule has 0 aliphatic heterocycles. The van der Waals surface area contributed by atoms with E-state index >= 15 is 0 Å². The Morgan fingerprint density at radius 2 is 2.40 bits per heavy atom. The van der Waals surface area contributed by atoms with Crippen LogP contribution >= 0.6 is 11.3 Å². The summed E-state index contributed by atoms with van der Waals surface area (Å²) in [6, 6.07) is 4.13. The molecule has 1 N–H and O–H groups in total. The third-order valence-corrected chi connectivity index (χ3v) is 3.00. The Morgan fingerprint density at radius 3 is 3.27 bits per heavy atom. The van der Waals surface area contributed by atoms with Gasteiger partial charge in [-0.25, -0.2) is 4.98 Å². The molecule has 4 heteroatoms. The van der Waals surface area contributed by atoms with Crippen LogP contribution in [0.2, 0.25) is 0 Å². The lowest BCUT2D eigenvalue weighted by Gasteiger charge is -2.06. The van der Waals surface area contributed by atoms with Gasteiger partial charge in [0.05, 0.1) is 6.61 Å². The molecule has 0 amide bonds. The normalized spacial score (nSPS) is 10.7. The quantitative estimate of drug-likeness (QED) is 0.790. The second-order valence-corrected chi connectivity index (χ2v) is 4.06. The van der Waals surface area contributed by atoms with Crippen LogP contribution in [0.4, 0.5) is 5.82 Å². The molecule has 0 atom stereocenters.